The van der Waals surface area contributed by atoms with Gasteiger partial charge < -0.3 is 19.9 Å². The fourth-order valence-corrected chi connectivity index (χ4v) is 3.47. The number of nitrogens with one attached hydrogen (secondary N) is 1. The SMILES string of the molecule is O=C(O)CC1SC(=NN=Cc2ccccc2OC2CCOCC2)NC1=O. The van der Waals surface area contributed by atoms with E-state index in [0.29, 0.717) is 18.4 Å². The lowest BCUT2D eigenvalue weighted by Crippen LogP contribution is -2.26. The minimum absolute atomic E-state index is 0.117. The Morgan fingerprint density at radius 1 is 1.38 bits per heavy atom. The van der Waals surface area contributed by atoms with Crippen molar-refractivity contribution in [3.8, 4) is 5.75 Å². The molecule has 0 radical (unpaired) electrons. The Morgan fingerprint density at radius 3 is 2.92 bits per heavy atom. The Balaban J connectivity index is 1.63. The molecular weight excluding hydrogens is 358 g/mol. The van der Waals surface area contributed by atoms with Crippen LogP contribution in [0.2, 0.25) is 0 Å². The second-order valence-corrected chi connectivity index (χ2v) is 7.00. The molecule has 1 atom stereocenters. The van der Waals surface area contributed by atoms with E-state index in [4.69, 9.17) is 14.6 Å². The van der Waals surface area contributed by atoms with Gasteiger partial charge in [0.15, 0.2) is 5.17 Å². The molecule has 1 aromatic rings. The number of benzene rings is 1. The summed E-state index contributed by atoms with van der Waals surface area (Å²) in [6.45, 7) is 1.39. The largest absolute Gasteiger partial charge is 0.490 e. The summed E-state index contributed by atoms with van der Waals surface area (Å²) in [4.78, 5) is 22.4. The van der Waals surface area contributed by atoms with Gasteiger partial charge in [-0.2, -0.15) is 5.10 Å². The van der Waals surface area contributed by atoms with Crippen LogP contribution in [0.25, 0.3) is 0 Å². The first-order valence-electron chi connectivity index (χ1n) is 8.25. The zero-order valence-corrected chi connectivity index (χ0v) is 14.8. The van der Waals surface area contributed by atoms with Crippen LogP contribution < -0.4 is 10.1 Å². The Bertz CT molecular complexity index is 731. The Labute approximate surface area is 154 Å². The fraction of sp³-hybridized carbons (Fsp3) is 0.412. The summed E-state index contributed by atoms with van der Waals surface area (Å²) >= 11 is 1.06. The number of para-hydroxylation sites is 1. The fourth-order valence-electron chi connectivity index (χ4n) is 2.56. The van der Waals surface area contributed by atoms with Gasteiger partial charge >= 0.3 is 5.97 Å². The van der Waals surface area contributed by atoms with Crippen LogP contribution in [0.5, 0.6) is 5.75 Å². The second-order valence-electron chi connectivity index (χ2n) is 5.81. The predicted molar refractivity (Wildman–Crippen MR) is 97.7 cm³/mol. The molecule has 0 aromatic heterocycles. The van der Waals surface area contributed by atoms with Crippen LogP contribution in [0.1, 0.15) is 24.8 Å². The normalized spacial score (nSPS) is 22.7. The monoisotopic (exact) mass is 377 g/mol. The Kier molecular flexibility index (Phi) is 6.24. The Morgan fingerprint density at radius 2 is 2.15 bits per heavy atom. The van der Waals surface area contributed by atoms with Crippen molar-refractivity contribution in [3.05, 3.63) is 29.8 Å². The van der Waals surface area contributed by atoms with Crippen molar-refractivity contribution in [3.63, 3.8) is 0 Å². The van der Waals surface area contributed by atoms with Crippen molar-refractivity contribution in [2.75, 3.05) is 13.2 Å². The molecule has 26 heavy (non-hydrogen) atoms. The van der Waals surface area contributed by atoms with Gasteiger partial charge in [-0.25, -0.2) is 0 Å². The van der Waals surface area contributed by atoms with E-state index in [1.807, 2.05) is 24.3 Å². The lowest BCUT2D eigenvalue weighted by molar-refractivity contribution is -0.138. The molecule has 2 N–H and O–H groups in total. The molecule has 3 rings (SSSR count). The summed E-state index contributed by atoms with van der Waals surface area (Å²) in [5.41, 5.74) is 0.778. The first-order chi connectivity index (χ1) is 12.6. The summed E-state index contributed by atoms with van der Waals surface area (Å²) in [5, 5.41) is 18.9. The molecule has 2 fully saturated rings. The zero-order valence-electron chi connectivity index (χ0n) is 14.0. The highest BCUT2D eigenvalue weighted by molar-refractivity contribution is 8.15. The molecular formula is C17H19N3O5S. The molecule has 9 heteroatoms. The maximum Gasteiger partial charge on any atom is 0.305 e. The number of hydrogen-bond acceptors (Lipinski definition) is 7. The van der Waals surface area contributed by atoms with Crippen LogP contribution in [0.15, 0.2) is 34.5 Å². The van der Waals surface area contributed by atoms with E-state index in [1.54, 1.807) is 6.21 Å². The van der Waals surface area contributed by atoms with Crippen LogP contribution in [0.4, 0.5) is 0 Å². The average Bonchev–Trinajstić information content (AvgIpc) is 2.96. The molecule has 1 aromatic carbocycles. The molecule has 0 spiro atoms. The minimum atomic E-state index is -1.03. The second kappa shape index (κ2) is 8.81. The van der Waals surface area contributed by atoms with Crippen molar-refractivity contribution in [1.29, 1.82) is 0 Å². The number of amides is 1. The van der Waals surface area contributed by atoms with E-state index >= 15 is 0 Å². The van der Waals surface area contributed by atoms with Crippen molar-refractivity contribution >= 4 is 35.0 Å². The minimum Gasteiger partial charge on any atom is -0.490 e. The molecule has 1 unspecified atom stereocenters. The van der Waals surface area contributed by atoms with Gasteiger partial charge in [0.25, 0.3) is 0 Å². The predicted octanol–water partition coefficient (Wildman–Crippen LogP) is 1.64. The number of rotatable bonds is 6. The van der Waals surface area contributed by atoms with Gasteiger partial charge in [0.2, 0.25) is 5.91 Å². The standard InChI is InChI=1S/C17H19N3O5S/c21-15(22)9-14-16(23)19-17(26-14)20-18-10-11-3-1-2-4-13(11)25-12-5-7-24-8-6-12/h1-4,10,12,14H,5-9H2,(H,21,22)(H,19,20,23). The van der Waals surface area contributed by atoms with Crippen molar-refractivity contribution in [2.45, 2.75) is 30.6 Å². The first kappa shape index (κ1) is 18.4. The number of carboxylic acid groups (broad SMARTS) is 1. The summed E-state index contributed by atoms with van der Waals surface area (Å²) < 4.78 is 11.4. The van der Waals surface area contributed by atoms with Gasteiger partial charge in [-0.3, -0.25) is 9.59 Å². The van der Waals surface area contributed by atoms with E-state index in [9.17, 15) is 9.59 Å². The van der Waals surface area contributed by atoms with Crippen LogP contribution in [-0.2, 0) is 14.3 Å². The zero-order chi connectivity index (χ0) is 18.4. The Hall–Kier alpha value is -2.39. The van der Waals surface area contributed by atoms with E-state index in [1.165, 1.54) is 0 Å². The topological polar surface area (TPSA) is 110 Å². The third-order valence-electron chi connectivity index (χ3n) is 3.86. The van der Waals surface area contributed by atoms with Crippen LogP contribution >= 0.6 is 11.8 Å². The molecule has 138 valence electrons. The molecule has 2 saturated heterocycles. The third kappa shape index (κ3) is 5.06. The number of aliphatic carboxylic acids is 1. The molecule has 8 nitrogen and oxygen atoms in total. The lowest BCUT2D eigenvalue weighted by atomic mass is 10.1. The molecule has 2 aliphatic heterocycles. The molecule has 2 heterocycles. The number of ether oxygens (including phenoxy) is 2. The van der Waals surface area contributed by atoms with Crippen LogP contribution in [0.3, 0.4) is 0 Å². The average molecular weight is 377 g/mol. The number of thioether (sulfide) groups is 1. The third-order valence-corrected chi connectivity index (χ3v) is 4.94. The smallest absolute Gasteiger partial charge is 0.305 e. The summed E-state index contributed by atoms with van der Waals surface area (Å²) in [5.74, 6) is -0.675. The number of carbonyl (C=O) groups excluding carboxylic acids is 1. The highest BCUT2D eigenvalue weighted by Crippen LogP contribution is 2.23. The molecule has 0 saturated carbocycles. The highest BCUT2D eigenvalue weighted by Gasteiger charge is 2.32. The molecule has 2 aliphatic rings. The van der Waals surface area contributed by atoms with Gasteiger partial charge in [-0.1, -0.05) is 23.9 Å². The number of nitrogens with zero attached hydrogens (tertiary/aromatic N) is 2. The molecule has 0 bridgehead atoms. The quantitative estimate of drug-likeness (QED) is 0.576. The highest BCUT2D eigenvalue weighted by atomic mass is 32.2. The summed E-state index contributed by atoms with van der Waals surface area (Å²) in [6, 6.07) is 7.51. The number of carbonyl (C=O) groups is 2. The van der Waals surface area contributed by atoms with Gasteiger partial charge in [0.05, 0.1) is 25.8 Å². The van der Waals surface area contributed by atoms with Gasteiger partial charge in [-0.05, 0) is 12.1 Å². The first-order valence-corrected chi connectivity index (χ1v) is 9.13. The van der Waals surface area contributed by atoms with Gasteiger partial charge in [-0.15, -0.1) is 5.10 Å². The number of amidine groups is 1. The number of carboxylic acids is 1. The van der Waals surface area contributed by atoms with Gasteiger partial charge in [0, 0.05) is 18.4 Å². The van der Waals surface area contributed by atoms with Gasteiger partial charge in [0.1, 0.15) is 17.1 Å². The van der Waals surface area contributed by atoms with E-state index in [-0.39, 0.29) is 18.4 Å². The van der Waals surface area contributed by atoms with E-state index in [2.05, 4.69) is 15.5 Å². The maximum absolute atomic E-state index is 11.7. The van der Waals surface area contributed by atoms with Crippen LogP contribution in [0, 0.1) is 0 Å². The lowest BCUT2D eigenvalue weighted by Gasteiger charge is -2.24. The molecule has 0 aliphatic carbocycles. The summed E-state index contributed by atoms with van der Waals surface area (Å²) in [6.07, 6.45) is 3.12. The maximum atomic E-state index is 11.7. The van der Waals surface area contributed by atoms with E-state index < -0.39 is 11.2 Å². The summed E-state index contributed by atoms with van der Waals surface area (Å²) in [7, 11) is 0. The van der Waals surface area contributed by atoms with E-state index in [0.717, 1.165) is 35.9 Å². The van der Waals surface area contributed by atoms with Crippen molar-refractivity contribution in [2.24, 2.45) is 10.2 Å². The van der Waals surface area contributed by atoms with Crippen LogP contribution in [-0.4, -0.2) is 52.9 Å². The molecule has 1 amide bonds. The number of hydrogen-bond donors (Lipinski definition) is 2. The van der Waals surface area contributed by atoms with Crippen molar-refractivity contribution < 1.29 is 24.2 Å². The van der Waals surface area contributed by atoms with Crippen molar-refractivity contribution in [1.82, 2.24) is 5.32 Å².